The Morgan fingerprint density at radius 3 is 3.19 bits per heavy atom. The van der Waals surface area contributed by atoms with E-state index in [2.05, 4.69) is 14.5 Å². The fraction of sp³-hybridized carbons (Fsp3) is 0.727. The van der Waals surface area contributed by atoms with E-state index < -0.39 is 0 Å². The average Bonchev–Trinajstić information content (AvgIpc) is 2.87. The number of hydrogen-bond donors (Lipinski definition) is 1. The highest BCUT2D eigenvalue weighted by Gasteiger charge is 2.22. The Morgan fingerprint density at radius 2 is 2.50 bits per heavy atom. The van der Waals surface area contributed by atoms with Crippen LogP contribution in [-0.4, -0.2) is 42.4 Å². The molecule has 16 heavy (non-hydrogen) atoms. The van der Waals surface area contributed by atoms with Crippen molar-refractivity contribution >= 4 is 5.95 Å². The first kappa shape index (κ1) is 11.4. The van der Waals surface area contributed by atoms with E-state index in [0.717, 1.165) is 45.0 Å². The Labute approximate surface area is 96.2 Å². The molecular weight excluding hydrogens is 204 g/mol. The van der Waals surface area contributed by atoms with Crippen molar-refractivity contribution in [2.24, 2.45) is 5.73 Å². The third-order valence-corrected chi connectivity index (χ3v) is 2.95. The molecule has 1 aliphatic heterocycles. The van der Waals surface area contributed by atoms with Gasteiger partial charge in [-0.05, 0) is 12.8 Å². The summed E-state index contributed by atoms with van der Waals surface area (Å²) in [5, 5.41) is 0. The summed E-state index contributed by atoms with van der Waals surface area (Å²) >= 11 is 0. The molecule has 0 radical (unpaired) electrons. The molecule has 0 aliphatic carbocycles. The predicted octanol–water partition coefficient (Wildman–Crippen LogP) is 0.457. The zero-order valence-corrected chi connectivity index (χ0v) is 9.80. The van der Waals surface area contributed by atoms with Gasteiger partial charge >= 0.3 is 0 Å². The number of imidazole rings is 1. The molecule has 5 heteroatoms. The summed E-state index contributed by atoms with van der Waals surface area (Å²) < 4.78 is 7.23. The number of anilines is 1. The molecule has 1 saturated heterocycles. The van der Waals surface area contributed by atoms with Crippen molar-refractivity contribution in [1.29, 1.82) is 0 Å². The van der Waals surface area contributed by atoms with Crippen LogP contribution in [0, 0.1) is 0 Å². The molecular formula is C11H20N4O. The summed E-state index contributed by atoms with van der Waals surface area (Å²) in [4.78, 5) is 6.67. The number of nitrogens with two attached hydrogens (primary N) is 1. The SMILES string of the molecule is COCCCn1ccnc1N1CCC(N)C1. The predicted molar refractivity (Wildman–Crippen MR) is 63.5 cm³/mol. The van der Waals surface area contributed by atoms with Gasteiger partial charge in [0, 0.05) is 51.8 Å². The molecule has 2 heterocycles. The van der Waals surface area contributed by atoms with Gasteiger partial charge in [0.15, 0.2) is 0 Å². The minimum absolute atomic E-state index is 0.295. The lowest BCUT2D eigenvalue weighted by molar-refractivity contribution is 0.190. The van der Waals surface area contributed by atoms with Gasteiger partial charge in [-0.15, -0.1) is 0 Å². The lowest BCUT2D eigenvalue weighted by Gasteiger charge is -2.18. The molecule has 2 N–H and O–H groups in total. The highest BCUT2D eigenvalue weighted by atomic mass is 16.5. The van der Waals surface area contributed by atoms with E-state index in [-0.39, 0.29) is 0 Å². The van der Waals surface area contributed by atoms with Crippen LogP contribution in [-0.2, 0) is 11.3 Å². The van der Waals surface area contributed by atoms with Gasteiger partial charge < -0.3 is 19.9 Å². The van der Waals surface area contributed by atoms with Gasteiger partial charge in [0.1, 0.15) is 0 Å². The van der Waals surface area contributed by atoms with Crippen molar-refractivity contribution < 1.29 is 4.74 Å². The summed E-state index contributed by atoms with van der Waals surface area (Å²) in [5.74, 6) is 1.05. The van der Waals surface area contributed by atoms with Crippen LogP contribution in [0.2, 0.25) is 0 Å². The molecule has 1 aliphatic rings. The molecule has 0 bridgehead atoms. The van der Waals surface area contributed by atoms with E-state index in [1.165, 1.54) is 0 Å². The van der Waals surface area contributed by atoms with Crippen LogP contribution in [0.4, 0.5) is 5.95 Å². The highest BCUT2D eigenvalue weighted by molar-refractivity contribution is 5.33. The quantitative estimate of drug-likeness (QED) is 0.738. The third-order valence-electron chi connectivity index (χ3n) is 2.95. The molecule has 0 aromatic carbocycles. The van der Waals surface area contributed by atoms with Crippen LogP contribution < -0.4 is 10.6 Å². The Hall–Kier alpha value is -1.07. The molecule has 1 aromatic rings. The normalized spacial score (nSPS) is 20.6. The first-order valence-electron chi connectivity index (χ1n) is 5.82. The standard InChI is InChI=1S/C11H20N4O/c1-16-8-2-5-14-7-4-13-11(14)15-6-3-10(12)9-15/h4,7,10H,2-3,5-6,8-9,12H2,1H3. The lowest BCUT2D eigenvalue weighted by Crippen LogP contribution is -2.28. The van der Waals surface area contributed by atoms with Gasteiger partial charge in [-0.25, -0.2) is 4.98 Å². The van der Waals surface area contributed by atoms with Crippen LogP contribution >= 0.6 is 0 Å². The van der Waals surface area contributed by atoms with Crippen LogP contribution in [0.15, 0.2) is 12.4 Å². The topological polar surface area (TPSA) is 56.3 Å². The van der Waals surface area contributed by atoms with Gasteiger partial charge in [-0.1, -0.05) is 0 Å². The van der Waals surface area contributed by atoms with E-state index in [1.54, 1.807) is 7.11 Å². The van der Waals surface area contributed by atoms with E-state index in [9.17, 15) is 0 Å². The van der Waals surface area contributed by atoms with Crippen molar-refractivity contribution in [3.8, 4) is 0 Å². The smallest absolute Gasteiger partial charge is 0.205 e. The summed E-state index contributed by atoms with van der Waals surface area (Å²) in [6, 6.07) is 0.295. The van der Waals surface area contributed by atoms with Gasteiger partial charge in [0.25, 0.3) is 0 Å². The largest absolute Gasteiger partial charge is 0.385 e. The number of ether oxygens (including phenoxy) is 1. The molecule has 1 aromatic heterocycles. The first-order chi connectivity index (χ1) is 7.81. The molecule has 0 saturated carbocycles. The molecule has 5 nitrogen and oxygen atoms in total. The molecule has 0 spiro atoms. The van der Waals surface area contributed by atoms with E-state index >= 15 is 0 Å². The summed E-state index contributed by atoms with van der Waals surface area (Å²) in [6.45, 7) is 3.68. The fourth-order valence-electron chi connectivity index (χ4n) is 2.11. The number of nitrogens with zero attached hydrogens (tertiary/aromatic N) is 3. The number of aryl methyl sites for hydroxylation is 1. The first-order valence-corrected chi connectivity index (χ1v) is 5.82. The summed E-state index contributed by atoms with van der Waals surface area (Å²) in [6.07, 6.45) is 5.95. The van der Waals surface area contributed by atoms with Crippen molar-refractivity contribution in [2.45, 2.75) is 25.4 Å². The second-order valence-corrected chi connectivity index (χ2v) is 4.26. The maximum atomic E-state index is 5.90. The van der Waals surface area contributed by atoms with Crippen molar-refractivity contribution in [3.05, 3.63) is 12.4 Å². The minimum atomic E-state index is 0.295. The Balaban J connectivity index is 1.96. The average molecular weight is 224 g/mol. The Kier molecular flexibility index (Phi) is 3.79. The summed E-state index contributed by atoms with van der Waals surface area (Å²) in [7, 11) is 1.73. The molecule has 1 unspecified atom stereocenters. The minimum Gasteiger partial charge on any atom is -0.385 e. The van der Waals surface area contributed by atoms with Crippen molar-refractivity contribution in [3.63, 3.8) is 0 Å². The molecule has 90 valence electrons. The van der Waals surface area contributed by atoms with Crippen LogP contribution in [0.25, 0.3) is 0 Å². The zero-order chi connectivity index (χ0) is 11.4. The van der Waals surface area contributed by atoms with E-state index in [4.69, 9.17) is 10.5 Å². The second kappa shape index (κ2) is 5.32. The maximum Gasteiger partial charge on any atom is 0.205 e. The number of aromatic nitrogens is 2. The zero-order valence-electron chi connectivity index (χ0n) is 9.80. The lowest BCUT2D eigenvalue weighted by atomic mass is 10.3. The third kappa shape index (κ3) is 2.54. The van der Waals surface area contributed by atoms with Crippen molar-refractivity contribution in [1.82, 2.24) is 9.55 Å². The Morgan fingerprint density at radius 1 is 1.62 bits per heavy atom. The van der Waals surface area contributed by atoms with Crippen LogP contribution in [0.5, 0.6) is 0 Å². The molecule has 1 atom stereocenters. The highest BCUT2D eigenvalue weighted by Crippen LogP contribution is 2.17. The van der Waals surface area contributed by atoms with Crippen molar-refractivity contribution in [2.75, 3.05) is 31.7 Å². The van der Waals surface area contributed by atoms with E-state index in [0.29, 0.717) is 6.04 Å². The summed E-state index contributed by atoms with van der Waals surface area (Å²) in [5.41, 5.74) is 5.90. The Bertz CT molecular complexity index is 326. The van der Waals surface area contributed by atoms with Crippen LogP contribution in [0.1, 0.15) is 12.8 Å². The fourth-order valence-corrected chi connectivity index (χ4v) is 2.11. The van der Waals surface area contributed by atoms with Gasteiger partial charge in [0.05, 0.1) is 0 Å². The maximum absolute atomic E-state index is 5.90. The molecule has 2 rings (SSSR count). The number of hydrogen-bond acceptors (Lipinski definition) is 4. The second-order valence-electron chi connectivity index (χ2n) is 4.26. The number of rotatable bonds is 5. The van der Waals surface area contributed by atoms with Crippen LogP contribution in [0.3, 0.4) is 0 Å². The molecule has 1 fully saturated rings. The number of methoxy groups -OCH3 is 1. The van der Waals surface area contributed by atoms with Gasteiger partial charge in [-0.3, -0.25) is 0 Å². The molecule has 0 amide bonds. The van der Waals surface area contributed by atoms with Gasteiger partial charge in [0.2, 0.25) is 5.95 Å². The monoisotopic (exact) mass is 224 g/mol. The van der Waals surface area contributed by atoms with E-state index in [1.807, 2.05) is 12.4 Å². The van der Waals surface area contributed by atoms with Gasteiger partial charge in [-0.2, -0.15) is 0 Å².